The van der Waals surface area contributed by atoms with Gasteiger partial charge in [-0.3, -0.25) is 0 Å². The third-order valence-corrected chi connectivity index (χ3v) is 14.1. The highest BCUT2D eigenvalue weighted by Gasteiger charge is 2.33. The van der Waals surface area contributed by atoms with E-state index in [9.17, 15) is 48.3 Å². The predicted octanol–water partition coefficient (Wildman–Crippen LogP) is 30.7. The molecule has 0 saturated carbocycles. The molecular weight excluding hydrogens is 1470 g/mol. The first kappa shape index (κ1) is 91.5. The number of halogens is 17. The van der Waals surface area contributed by atoms with Crippen molar-refractivity contribution >= 4 is 116 Å². The second-order valence-corrected chi connectivity index (χ2v) is 27.7. The summed E-state index contributed by atoms with van der Waals surface area (Å²) in [6, 6.07) is 36.1. The van der Waals surface area contributed by atoms with Crippen LogP contribution in [-0.2, 0) is 12.4 Å². The summed E-state index contributed by atoms with van der Waals surface area (Å²) < 4.78 is 146. The lowest BCUT2D eigenvalue weighted by Gasteiger charge is -2.09. The van der Waals surface area contributed by atoms with Crippen LogP contribution in [0.3, 0.4) is 0 Å². The Morgan fingerprint density at radius 3 is 1.09 bits per heavy atom. The fourth-order valence-corrected chi connectivity index (χ4v) is 9.37. The number of hydrogen-bond donors (Lipinski definition) is 0. The van der Waals surface area contributed by atoms with Crippen molar-refractivity contribution in [3.05, 3.63) is 273 Å². The number of rotatable bonds is 16. The highest BCUT2D eigenvalue weighted by atomic mass is 79.9. The molecule has 0 N–H and O–H groups in total. The van der Waals surface area contributed by atoms with E-state index >= 15 is 0 Å². The molecule has 0 amide bonds. The van der Waals surface area contributed by atoms with Crippen LogP contribution in [0, 0.1) is 53.1 Å². The zero-order valence-corrected chi connectivity index (χ0v) is 64.0. The molecule has 100 heavy (non-hydrogen) atoms. The van der Waals surface area contributed by atoms with Gasteiger partial charge in [-0.05, 0) is 172 Å². The lowest BCUT2D eigenvalue weighted by molar-refractivity contribution is -0.274. The second-order valence-electron chi connectivity index (χ2n) is 24.7. The molecule has 19 heteroatoms. The van der Waals surface area contributed by atoms with E-state index in [-0.39, 0.29) is 21.7 Å². The van der Waals surface area contributed by atoms with Crippen LogP contribution in [0.2, 0.25) is 25.1 Å². The van der Waals surface area contributed by atoms with Gasteiger partial charge in [0.1, 0.15) is 23.1 Å². The predicted molar refractivity (Wildman–Crippen MR) is 408 cm³/mol. The molecule has 0 unspecified atom stereocenters. The fraction of sp³-hybridized carbons (Fsp3) is 0.309. The molecule has 0 aliphatic carbocycles. The third kappa shape index (κ3) is 44.0. The van der Waals surface area contributed by atoms with Gasteiger partial charge in [0, 0.05) is 36.2 Å². The highest BCUT2D eigenvalue weighted by Crippen LogP contribution is 2.36. The lowest BCUT2D eigenvalue weighted by atomic mass is 10.1. The minimum absolute atomic E-state index is 0.0956. The van der Waals surface area contributed by atoms with Crippen molar-refractivity contribution in [2.45, 2.75) is 116 Å². The van der Waals surface area contributed by atoms with Gasteiger partial charge in [0.2, 0.25) is 0 Å². The van der Waals surface area contributed by atoms with E-state index < -0.39 is 41.5 Å². The number of alkyl halides is 9. The van der Waals surface area contributed by atoms with Crippen LogP contribution < -0.4 is 9.47 Å². The summed E-state index contributed by atoms with van der Waals surface area (Å²) in [5.41, 5.74) is 4.10. The molecule has 0 atom stereocenters. The minimum Gasteiger partial charge on any atom is -0.497 e. The van der Waals surface area contributed by atoms with E-state index in [2.05, 4.69) is 98.7 Å². The molecule has 0 radical (unpaired) electrons. The third-order valence-electron chi connectivity index (χ3n) is 12.2. The lowest BCUT2D eigenvalue weighted by Crippen LogP contribution is -2.17. The number of allylic oxidation sites excluding steroid dienone is 7. The molecule has 0 aromatic heterocycles. The molecule has 0 heterocycles. The van der Waals surface area contributed by atoms with Gasteiger partial charge < -0.3 is 9.47 Å². The number of ether oxygens (including phenoxy) is 2. The average molecular weight is 1560 g/mol. The molecule has 7 aromatic carbocycles. The standard InChI is InChI=1S/2C12H12ClF3.C12H13F3O.C12H16O.C11H12BrCl.C11H12Cl2.C11H12F2/c1-8(2)3-4-9-5-10(12(14,15)16)7-11(13)6-9;1-8(2)3-4-9-5-6-10(11(13)7-9)12(14,15)16;1-9(2)6-7-10-4-3-5-11(8-10)16-12(13,14)15;1-10(2)7-8-11-5-4-6-12(9-11)13-3;1-8(2)3-4-9-5-10(12)7-11(13)6-9;1-8(2)6-7-9-10(12)4-3-5-11(9)13;1-8(2)3-4-9-5-10(12)7-11(13)6-9/h2*3-8H,1-2H3;3-9H,1-2H3;4-10H,1-3H3;3*3-8H,1-2H3/b2*4-3+;7-6+;8-7+;4-3+;7-6+;4-3+. The van der Waals surface area contributed by atoms with Crippen LogP contribution in [0.15, 0.2) is 187 Å². The summed E-state index contributed by atoms with van der Waals surface area (Å²) in [5.74, 6) is 2.67. The van der Waals surface area contributed by atoms with E-state index in [1.54, 1.807) is 37.5 Å². The van der Waals surface area contributed by atoms with Crippen LogP contribution in [0.5, 0.6) is 11.5 Å². The maximum absolute atomic E-state index is 12.7. The van der Waals surface area contributed by atoms with E-state index in [1.165, 1.54) is 54.1 Å². The van der Waals surface area contributed by atoms with Gasteiger partial charge in [-0.2, -0.15) is 26.3 Å². The van der Waals surface area contributed by atoms with Crippen LogP contribution in [0.4, 0.5) is 48.3 Å². The van der Waals surface area contributed by atoms with Crippen molar-refractivity contribution in [2.75, 3.05) is 7.11 Å². The maximum Gasteiger partial charge on any atom is 0.573 e. The topological polar surface area (TPSA) is 18.5 Å². The summed E-state index contributed by atoms with van der Waals surface area (Å²) in [6.45, 7) is 28.7. The first-order chi connectivity index (χ1) is 46.4. The molecule has 0 fully saturated rings. The fourth-order valence-electron chi connectivity index (χ4n) is 7.42. The molecule has 0 saturated heterocycles. The van der Waals surface area contributed by atoms with Gasteiger partial charge in [-0.15, -0.1) is 13.2 Å². The van der Waals surface area contributed by atoms with E-state index in [4.69, 9.17) is 62.7 Å². The van der Waals surface area contributed by atoms with Crippen LogP contribution >= 0.6 is 73.9 Å². The number of methoxy groups -OCH3 is 1. The second kappa shape index (κ2) is 46.9. The van der Waals surface area contributed by atoms with E-state index in [0.29, 0.717) is 67.8 Å². The van der Waals surface area contributed by atoms with E-state index in [0.717, 1.165) is 50.6 Å². The SMILES string of the molecule is CC(C)/C=C/c1c(Cl)cccc1Cl.CC(C)/C=C/c1cc(Cl)cc(Br)c1.CC(C)/C=C/c1cc(Cl)cc(C(F)(F)F)c1.CC(C)/C=C/c1cc(F)cc(F)c1.CC(C)/C=C/c1ccc(C(F)(F)F)c(Cl)c1.CC(C)/C=C/c1cccc(OC(F)(F)F)c1.COc1cccc(/C=C/C(C)C)c1. The summed E-state index contributed by atoms with van der Waals surface area (Å²) >= 11 is 32.5. The van der Waals surface area contributed by atoms with Crippen molar-refractivity contribution in [3.8, 4) is 11.5 Å². The Hall–Kier alpha value is -6.52. The van der Waals surface area contributed by atoms with Gasteiger partial charge in [-0.1, -0.05) is 292 Å². The Morgan fingerprint density at radius 2 is 0.710 bits per heavy atom. The van der Waals surface area contributed by atoms with Crippen molar-refractivity contribution in [3.63, 3.8) is 0 Å². The summed E-state index contributed by atoms with van der Waals surface area (Å²) in [7, 11) is 1.69. The Kier molecular flexibility index (Phi) is 42.9. The first-order valence-electron chi connectivity index (χ1n) is 31.8. The maximum atomic E-state index is 12.7. The minimum atomic E-state index is -4.64. The summed E-state index contributed by atoms with van der Waals surface area (Å²) in [5, 5.41) is 1.99. The van der Waals surface area contributed by atoms with Gasteiger partial charge in [0.05, 0.1) is 23.3 Å². The summed E-state index contributed by atoms with van der Waals surface area (Å²) in [6.07, 6.45) is 13.6. The molecule has 0 aliphatic heterocycles. The molecule has 544 valence electrons. The Balaban J connectivity index is 0.000000585. The van der Waals surface area contributed by atoms with Crippen LogP contribution in [0.25, 0.3) is 42.5 Å². The van der Waals surface area contributed by atoms with E-state index in [1.807, 2.05) is 140 Å². The largest absolute Gasteiger partial charge is 0.573 e. The monoisotopic (exact) mass is 1560 g/mol. The van der Waals surface area contributed by atoms with Gasteiger partial charge in [0.25, 0.3) is 0 Å². The normalized spacial score (nSPS) is 11.9. The number of benzene rings is 7. The number of hydrogen-bond acceptors (Lipinski definition) is 2. The van der Waals surface area contributed by atoms with Gasteiger partial charge >= 0.3 is 18.7 Å². The molecule has 0 aliphatic rings. The highest BCUT2D eigenvalue weighted by molar-refractivity contribution is 9.10. The van der Waals surface area contributed by atoms with Crippen molar-refractivity contribution in [1.82, 2.24) is 0 Å². The zero-order valence-electron chi connectivity index (χ0n) is 58.6. The Bertz CT molecular complexity index is 3640. The zero-order chi connectivity index (χ0) is 76.1. The molecule has 7 rings (SSSR count). The molecule has 7 aromatic rings. The smallest absolute Gasteiger partial charge is 0.497 e. The molecular formula is C81H89BrCl5F11O2. The Morgan fingerprint density at radius 1 is 0.350 bits per heavy atom. The van der Waals surface area contributed by atoms with Crippen molar-refractivity contribution in [2.24, 2.45) is 41.4 Å². The van der Waals surface area contributed by atoms with Crippen LogP contribution in [0.1, 0.15) is 147 Å². The Labute approximate surface area is 619 Å². The van der Waals surface area contributed by atoms with Gasteiger partial charge in [-0.25, -0.2) is 8.78 Å². The first-order valence-corrected chi connectivity index (χ1v) is 34.5. The molecule has 0 bridgehead atoms. The quantitative estimate of drug-likeness (QED) is 0.0898. The average Bonchev–Trinajstić information content (AvgIpc) is 0.847. The van der Waals surface area contributed by atoms with Gasteiger partial charge in [0.15, 0.2) is 0 Å². The van der Waals surface area contributed by atoms with Crippen molar-refractivity contribution in [1.29, 1.82) is 0 Å². The molecule has 0 spiro atoms. The molecule has 2 nitrogen and oxygen atoms in total. The van der Waals surface area contributed by atoms with Crippen molar-refractivity contribution < 1.29 is 57.8 Å². The summed E-state index contributed by atoms with van der Waals surface area (Å²) in [4.78, 5) is 0. The van der Waals surface area contributed by atoms with Crippen LogP contribution in [-0.4, -0.2) is 13.5 Å².